The average Bonchev–Trinajstić information content (AvgIpc) is 3.48. The summed E-state index contributed by atoms with van der Waals surface area (Å²) in [5.41, 5.74) is 8.57. The third-order valence-corrected chi connectivity index (χ3v) is 6.75. The van der Waals surface area contributed by atoms with Gasteiger partial charge in [-0.1, -0.05) is 30.4 Å². The number of benzene rings is 2. The molecule has 0 saturated heterocycles. The van der Waals surface area contributed by atoms with Crippen LogP contribution in [-0.2, 0) is 18.1 Å². The number of nitrogens with two attached hydrogens (primary N) is 1. The molecule has 6 rings (SSSR count). The molecule has 0 aliphatic carbocycles. The molecule has 3 aromatic rings. The SMILES string of the molecule is NC1=Nc2cc3c(cc2C2(C1)C(=S)N(Cc1ccc(C(F)(F)F)o1)c1ccccc12)OCO3. The van der Waals surface area contributed by atoms with Crippen molar-refractivity contribution in [3.05, 3.63) is 71.2 Å². The number of thiocarbonyl (C=S) groups is 1. The molecule has 0 bridgehead atoms. The van der Waals surface area contributed by atoms with Crippen LogP contribution in [0.5, 0.6) is 11.5 Å². The molecule has 1 atom stereocenters. The number of nitrogens with zero attached hydrogens (tertiary/aromatic N) is 2. The van der Waals surface area contributed by atoms with Crippen molar-refractivity contribution < 1.29 is 27.1 Å². The van der Waals surface area contributed by atoms with E-state index in [4.69, 9.17) is 31.8 Å². The van der Waals surface area contributed by atoms with Gasteiger partial charge < -0.3 is 24.5 Å². The van der Waals surface area contributed by atoms with Gasteiger partial charge in [-0.3, -0.25) is 0 Å². The maximum Gasteiger partial charge on any atom is 0.449 e. The fourth-order valence-corrected chi connectivity index (χ4v) is 5.27. The predicted octanol–water partition coefficient (Wildman–Crippen LogP) is 5.05. The summed E-state index contributed by atoms with van der Waals surface area (Å²) in [5.74, 6) is 0.672. The minimum Gasteiger partial charge on any atom is -0.455 e. The number of amidine groups is 1. The Labute approximate surface area is 191 Å². The van der Waals surface area contributed by atoms with Gasteiger partial charge in [-0.05, 0) is 35.4 Å². The molecule has 1 unspecified atom stereocenters. The van der Waals surface area contributed by atoms with Crippen LogP contribution in [0.1, 0.15) is 29.1 Å². The summed E-state index contributed by atoms with van der Waals surface area (Å²) in [6.07, 6.45) is -4.23. The minimum absolute atomic E-state index is 0.0462. The first-order valence-corrected chi connectivity index (χ1v) is 10.5. The van der Waals surface area contributed by atoms with Gasteiger partial charge >= 0.3 is 6.18 Å². The van der Waals surface area contributed by atoms with Crippen molar-refractivity contribution in [2.24, 2.45) is 10.7 Å². The Balaban J connectivity index is 1.49. The Bertz CT molecular complexity index is 1350. The zero-order chi connectivity index (χ0) is 23.0. The predicted molar refractivity (Wildman–Crippen MR) is 118 cm³/mol. The van der Waals surface area contributed by atoms with Crippen molar-refractivity contribution in [1.82, 2.24) is 0 Å². The molecule has 168 valence electrons. The first-order valence-electron chi connectivity index (χ1n) is 10.1. The van der Waals surface area contributed by atoms with E-state index >= 15 is 0 Å². The molecule has 6 nitrogen and oxygen atoms in total. The molecular formula is C23H16F3N3O3S. The number of rotatable bonds is 2. The highest BCUT2D eigenvalue weighted by atomic mass is 32.1. The summed E-state index contributed by atoms with van der Waals surface area (Å²) in [7, 11) is 0. The van der Waals surface area contributed by atoms with Crippen molar-refractivity contribution in [3.63, 3.8) is 0 Å². The van der Waals surface area contributed by atoms with Gasteiger partial charge in [0.05, 0.1) is 22.6 Å². The van der Waals surface area contributed by atoms with Crippen LogP contribution in [0.4, 0.5) is 24.5 Å². The lowest BCUT2D eigenvalue weighted by Gasteiger charge is -2.35. The van der Waals surface area contributed by atoms with E-state index in [0.29, 0.717) is 34.4 Å². The number of hydrogen-bond donors (Lipinski definition) is 1. The van der Waals surface area contributed by atoms with Gasteiger partial charge in [-0.15, -0.1) is 0 Å². The second-order valence-corrected chi connectivity index (χ2v) is 8.47. The van der Waals surface area contributed by atoms with Crippen molar-refractivity contribution in [3.8, 4) is 11.5 Å². The summed E-state index contributed by atoms with van der Waals surface area (Å²) in [5, 5.41) is 0. The zero-order valence-electron chi connectivity index (χ0n) is 17.0. The number of halogens is 3. The van der Waals surface area contributed by atoms with Gasteiger partial charge in [0, 0.05) is 18.2 Å². The maximum atomic E-state index is 13.1. The van der Waals surface area contributed by atoms with Crippen molar-refractivity contribution in [2.75, 3.05) is 11.7 Å². The third-order valence-electron chi connectivity index (χ3n) is 6.18. The quantitative estimate of drug-likeness (QED) is 0.527. The van der Waals surface area contributed by atoms with Crippen LogP contribution in [0.25, 0.3) is 0 Å². The number of alkyl halides is 3. The summed E-state index contributed by atoms with van der Waals surface area (Å²) >= 11 is 5.99. The van der Waals surface area contributed by atoms with Crippen LogP contribution >= 0.6 is 12.2 Å². The van der Waals surface area contributed by atoms with E-state index in [1.54, 1.807) is 11.0 Å². The second kappa shape index (κ2) is 6.74. The van der Waals surface area contributed by atoms with Gasteiger partial charge in [0.1, 0.15) is 11.6 Å². The molecular weight excluding hydrogens is 455 g/mol. The highest BCUT2D eigenvalue weighted by molar-refractivity contribution is 7.80. The standard InChI is InChI=1S/C23H16F3N3O3S/c24-23(25,26)19-6-5-12(32-19)10-29-16-4-2-1-3-13(16)22(21(29)33)9-20(27)28-15-8-18-17(7-14(15)22)30-11-31-18/h1-8H,9-11H2,(H2,27,28). The summed E-state index contributed by atoms with van der Waals surface area (Å²) in [4.78, 5) is 6.83. The highest BCUT2D eigenvalue weighted by Crippen LogP contribution is 2.55. The lowest BCUT2D eigenvalue weighted by Crippen LogP contribution is -2.44. The van der Waals surface area contributed by atoms with E-state index in [1.165, 1.54) is 6.07 Å². The highest BCUT2D eigenvalue weighted by Gasteiger charge is 2.52. The number of ether oxygens (including phenoxy) is 2. The van der Waals surface area contributed by atoms with Crippen molar-refractivity contribution in [2.45, 2.75) is 24.6 Å². The van der Waals surface area contributed by atoms with Crippen molar-refractivity contribution in [1.29, 1.82) is 0 Å². The molecule has 0 saturated carbocycles. The zero-order valence-corrected chi connectivity index (χ0v) is 17.8. The lowest BCUT2D eigenvalue weighted by molar-refractivity contribution is -0.153. The average molecular weight is 471 g/mol. The molecule has 0 amide bonds. The van der Waals surface area contributed by atoms with E-state index in [9.17, 15) is 13.2 Å². The lowest BCUT2D eigenvalue weighted by atomic mass is 9.71. The van der Waals surface area contributed by atoms with Crippen LogP contribution in [0, 0.1) is 0 Å². The monoisotopic (exact) mass is 471 g/mol. The Kier molecular flexibility index (Phi) is 4.10. The Morgan fingerprint density at radius 1 is 1.06 bits per heavy atom. The van der Waals surface area contributed by atoms with Crippen molar-refractivity contribution >= 4 is 34.4 Å². The van der Waals surface area contributed by atoms with E-state index in [0.717, 1.165) is 22.9 Å². The smallest absolute Gasteiger partial charge is 0.449 e. The van der Waals surface area contributed by atoms with Gasteiger partial charge in [0.25, 0.3) is 0 Å². The topological polar surface area (TPSA) is 73.2 Å². The van der Waals surface area contributed by atoms with E-state index in [1.807, 2.05) is 30.3 Å². The van der Waals surface area contributed by atoms with E-state index in [2.05, 4.69) is 4.99 Å². The first-order chi connectivity index (χ1) is 15.8. The fourth-order valence-electron chi connectivity index (χ4n) is 4.81. The molecule has 2 N–H and O–H groups in total. The maximum absolute atomic E-state index is 13.1. The second-order valence-electron chi connectivity index (χ2n) is 8.08. The van der Waals surface area contributed by atoms with Crippen LogP contribution in [0.3, 0.4) is 0 Å². The normalized spacial score (nSPS) is 20.8. The number of para-hydroxylation sites is 1. The summed E-state index contributed by atoms with van der Waals surface area (Å²) in [6.45, 7) is 0.155. The Hall–Kier alpha value is -3.53. The molecule has 4 heterocycles. The molecule has 2 aromatic carbocycles. The summed E-state index contributed by atoms with van der Waals surface area (Å²) in [6, 6.07) is 13.5. The van der Waals surface area contributed by atoms with Gasteiger partial charge in [0.2, 0.25) is 12.6 Å². The number of fused-ring (bicyclic) bond motifs is 5. The van der Waals surface area contributed by atoms with Gasteiger partial charge in [-0.25, -0.2) is 4.99 Å². The Morgan fingerprint density at radius 3 is 2.58 bits per heavy atom. The molecule has 10 heteroatoms. The number of hydrogen-bond acceptors (Lipinski definition) is 6. The van der Waals surface area contributed by atoms with Gasteiger partial charge in [-0.2, -0.15) is 13.2 Å². The molecule has 33 heavy (non-hydrogen) atoms. The Morgan fingerprint density at radius 2 is 1.82 bits per heavy atom. The van der Waals surface area contributed by atoms with E-state index in [-0.39, 0.29) is 19.1 Å². The molecule has 0 radical (unpaired) electrons. The van der Waals surface area contributed by atoms with Gasteiger partial charge in [0.15, 0.2) is 11.5 Å². The van der Waals surface area contributed by atoms with Crippen LogP contribution < -0.4 is 20.1 Å². The fraction of sp³-hybridized carbons (Fsp3) is 0.217. The third kappa shape index (κ3) is 2.86. The molecule has 3 aliphatic rings. The molecule has 3 aliphatic heterocycles. The first kappa shape index (κ1) is 20.1. The number of furan rings is 1. The molecule has 1 aromatic heterocycles. The van der Waals surface area contributed by atoms with Crippen LogP contribution in [-0.4, -0.2) is 17.6 Å². The molecule has 0 fully saturated rings. The summed E-state index contributed by atoms with van der Waals surface area (Å²) < 4.78 is 55.3. The van der Waals surface area contributed by atoms with E-state index < -0.39 is 17.4 Å². The molecule has 1 spiro atoms. The number of aliphatic imine (C=N–C) groups is 1. The minimum atomic E-state index is -4.56. The van der Waals surface area contributed by atoms with Crippen LogP contribution in [0.15, 0.2) is 57.9 Å². The largest absolute Gasteiger partial charge is 0.455 e. The van der Waals surface area contributed by atoms with Crippen LogP contribution in [0.2, 0.25) is 0 Å². The number of anilines is 1.